The van der Waals surface area contributed by atoms with Gasteiger partial charge in [-0.15, -0.1) is 0 Å². The maximum absolute atomic E-state index is 12.6. The van der Waals surface area contributed by atoms with Gasteiger partial charge in [-0.1, -0.05) is 6.92 Å². The minimum Gasteiger partial charge on any atom is -0.328 e. The van der Waals surface area contributed by atoms with E-state index in [-0.39, 0.29) is 17.0 Å². The van der Waals surface area contributed by atoms with Gasteiger partial charge in [-0.25, -0.2) is 8.42 Å². The summed E-state index contributed by atoms with van der Waals surface area (Å²) >= 11 is 0. The molecule has 0 saturated heterocycles. The summed E-state index contributed by atoms with van der Waals surface area (Å²) in [6, 6.07) is 3.53. The van der Waals surface area contributed by atoms with Crippen LogP contribution in [0.5, 0.6) is 0 Å². The highest BCUT2D eigenvalue weighted by atomic mass is 32.2. The van der Waals surface area contributed by atoms with E-state index < -0.39 is 10.0 Å². The van der Waals surface area contributed by atoms with Gasteiger partial charge in [0.1, 0.15) is 4.90 Å². The highest BCUT2D eigenvalue weighted by molar-refractivity contribution is 7.89. The summed E-state index contributed by atoms with van der Waals surface area (Å²) in [5, 5.41) is 0. The van der Waals surface area contributed by atoms with Gasteiger partial charge in [-0.05, 0) is 37.8 Å². The summed E-state index contributed by atoms with van der Waals surface area (Å²) < 4.78 is 26.8. The molecule has 1 fully saturated rings. The Morgan fingerprint density at radius 2 is 2.05 bits per heavy atom. The van der Waals surface area contributed by atoms with Crippen molar-refractivity contribution in [3.8, 4) is 0 Å². The highest BCUT2D eigenvalue weighted by Gasteiger charge is 2.32. The smallest absolute Gasteiger partial charge is 0.244 e. The Morgan fingerprint density at radius 3 is 2.58 bits per heavy atom. The average molecular weight is 283 g/mol. The number of pyridine rings is 1. The highest BCUT2D eigenvalue weighted by Crippen LogP contribution is 2.26. The number of rotatable bonds is 4. The Labute approximate surface area is 114 Å². The van der Waals surface area contributed by atoms with Crippen LogP contribution in [0.25, 0.3) is 0 Å². The number of nitrogens with two attached hydrogens (primary N) is 1. The third kappa shape index (κ3) is 3.13. The van der Waals surface area contributed by atoms with E-state index in [4.69, 9.17) is 5.73 Å². The van der Waals surface area contributed by atoms with E-state index in [1.165, 1.54) is 6.20 Å². The van der Waals surface area contributed by atoms with E-state index in [0.29, 0.717) is 6.54 Å². The molecule has 0 aliphatic heterocycles. The van der Waals surface area contributed by atoms with Crippen molar-refractivity contribution in [3.63, 3.8) is 0 Å². The number of hydrogen-bond acceptors (Lipinski definition) is 4. The number of aromatic nitrogens is 1. The summed E-state index contributed by atoms with van der Waals surface area (Å²) in [6.45, 7) is 2.36. The lowest BCUT2D eigenvalue weighted by Gasteiger charge is -2.34. The molecule has 1 heterocycles. The van der Waals surface area contributed by atoms with Crippen LogP contribution in [-0.2, 0) is 10.0 Å². The van der Waals surface area contributed by atoms with Gasteiger partial charge in [0.25, 0.3) is 0 Å². The lowest BCUT2D eigenvalue weighted by atomic mass is 9.92. The topological polar surface area (TPSA) is 76.3 Å². The predicted molar refractivity (Wildman–Crippen MR) is 74.0 cm³/mol. The van der Waals surface area contributed by atoms with Crippen LogP contribution >= 0.6 is 0 Å². The first kappa shape index (κ1) is 14.4. The van der Waals surface area contributed by atoms with Crippen LogP contribution in [0.15, 0.2) is 29.4 Å². The van der Waals surface area contributed by atoms with Crippen molar-refractivity contribution < 1.29 is 8.42 Å². The van der Waals surface area contributed by atoms with E-state index in [1.807, 2.05) is 6.92 Å². The summed E-state index contributed by atoms with van der Waals surface area (Å²) in [4.78, 5) is 4.17. The van der Waals surface area contributed by atoms with Crippen molar-refractivity contribution >= 4 is 10.0 Å². The van der Waals surface area contributed by atoms with E-state index >= 15 is 0 Å². The molecule has 2 rings (SSSR count). The maximum atomic E-state index is 12.6. The first-order chi connectivity index (χ1) is 9.05. The second-order valence-corrected chi connectivity index (χ2v) is 6.86. The zero-order valence-corrected chi connectivity index (χ0v) is 12.0. The van der Waals surface area contributed by atoms with Crippen molar-refractivity contribution in [2.45, 2.75) is 49.6 Å². The van der Waals surface area contributed by atoms with Crippen LogP contribution in [-0.4, -0.2) is 36.3 Å². The van der Waals surface area contributed by atoms with E-state index in [9.17, 15) is 8.42 Å². The fraction of sp³-hybridized carbons (Fsp3) is 0.615. The molecule has 0 bridgehead atoms. The number of hydrogen-bond donors (Lipinski definition) is 1. The van der Waals surface area contributed by atoms with E-state index in [2.05, 4.69) is 4.98 Å². The summed E-state index contributed by atoms with van der Waals surface area (Å²) in [6.07, 6.45) is 6.46. The number of nitrogens with zero attached hydrogens (tertiary/aromatic N) is 2. The zero-order valence-electron chi connectivity index (χ0n) is 11.2. The van der Waals surface area contributed by atoms with Gasteiger partial charge < -0.3 is 5.73 Å². The minimum atomic E-state index is -3.44. The van der Waals surface area contributed by atoms with Gasteiger partial charge in [0.05, 0.1) is 0 Å². The first-order valence-electron chi connectivity index (χ1n) is 6.73. The molecule has 1 saturated carbocycles. The summed E-state index contributed by atoms with van der Waals surface area (Å²) in [5.41, 5.74) is 5.88. The average Bonchev–Trinajstić information content (AvgIpc) is 2.42. The van der Waals surface area contributed by atoms with Crippen LogP contribution in [0, 0.1) is 0 Å². The Morgan fingerprint density at radius 1 is 1.37 bits per heavy atom. The molecule has 0 unspecified atom stereocenters. The molecule has 5 nitrogen and oxygen atoms in total. The largest absolute Gasteiger partial charge is 0.328 e. The van der Waals surface area contributed by atoms with Crippen molar-refractivity contribution in [3.05, 3.63) is 24.5 Å². The van der Waals surface area contributed by atoms with Gasteiger partial charge in [0.2, 0.25) is 10.0 Å². The van der Waals surface area contributed by atoms with E-state index in [0.717, 1.165) is 25.7 Å². The molecule has 6 heteroatoms. The molecule has 1 aromatic heterocycles. The van der Waals surface area contributed by atoms with Crippen molar-refractivity contribution in [2.24, 2.45) is 5.73 Å². The molecule has 1 aromatic rings. The van der Waals surface area contributed by atoms with Crippen LogP contribution in [0.1, 0.15) is 32.6 Å². The van der Waals surface area contributed by atoms with Crippen LogP contribution in [0.2, 0.25) is 0 Å². The standard InChI is InChI=1S/C13H21N3O2S/c1-2-16(12-7-5-11(14)6-8-12)19(17,18)13-4-3-9-15-10-13/h3-4,9-12H,2,5-8,14H2,1H3. The summed E-state index contributed by atoms with van der Waals surface area (Å²) in [5.74, 6) is 0. The lowest BCUT2D eigenvalue weighted by Crippen LogP contribution is -2.44. The number of sulfonamides is 1. The van der Waals surface area contributed by atoms with Crippen molar-refractivity contribution in [1.29, 1.82) is 0 Å². The molecular formula is C13H21N3O2S. The molecular weight excluding hydrogens is 262 g/mol. The molecule has 0 amide bonds. The predicted octanol–water partition coefficient (Wildman–Crippen LogP) is 1.36. The molecule has 0 aromatic carbocycles. The second-order valence-electron chi connectivity index (χ2n) is 4.97. The van der Waals surface area contributed by atoms with Crippen LogP contribution in [0.4, 0.5) is 0 Å². The third-order valence-electron chi connectivity index (χ3n) is 3.70. The normalized spacial score (nSPS) is 24.6. The van der Waals surface area contributed by atoms with Crippen LogP contribution in [0.3, 0.4) is 0 Å². The molecule has 2 N–H and O–H groups in total. The lowest BCUT2D eigenvalue weighted by molar-refractivity contribution is 0.247. The van der Waals surface area contributed by atoms with Crippen LogP contribution < -0.4 is 5.73 Å². The van der Waals surface area contributed by atoms with Gasteiger partial charge in [-0.2, -0.15) is 4.31 Å². The molecule has 1 aliphatic rings. The van der Waals surface area contributed by atoms with Gasteiger partial charge in [0, 0.05) is 31.0 Å². The van der Waals surface area contributed by atoms with Crippen molar-refractivity contribution in [1.82, 2.24) is 9.29 Å². The molecule has 0 spiro atoms. The second kappa shape index (κ2) is 5.98. The molecule has 19 heavy (non-hydrogen) atoms. The Hall–Kier alpha value is -0.980. The molecule has 0 radical (unpaired) electrons. The Bertz CT molecular complexity index is 496. The Balaban J connectivity index is 2.22. The quantitative estimate of drug-likeness (QED) is 0.905. The fourth-order valence-electron chi connectivity index (χ4n) is 2.65. The summed E-state index contributed by atoms with van der Waals surface area (Å²) in [7, 11) is -3.44. The van der Waals surface area contributed by atoms with Gasteiger partial charge in [0.15, 0.2) is 0 Å². The van der Waals surface area contributed by atoms with Crippen molar-refractivity contribution in [2.75, 3.05) is 6.54 Å². The first-order valence-corrected chi connectivity index (χ1v) is 8.17. The molecule has 0 atom stereocenters. The molecule has 106 valence electrons. The van der Waals surface area contributed by atoms with Gasteiger partial charge in [-0.3, -0.25) is 4.98 Å². The van der Waals surface area contributed by atoms with E-state index in [1.54, 1.807) is 22.6 Å². The maximum Gasteiger partial charge on any atom is 0.244 e. The monoisotopic (exact) mass is 283 g/mol. The Kier molecular flexibility index (Phi) is 4.54. The fourth-order valence-corrected chi connectivity index (χ4v) is 4.31. The zero-order chi connectivity index (χ0) is 13.9. The minimum absolute atomic E-state index is 0.0648. The third-order valence-corrected chi connectivity index (χ3v) is 5.71. The SMILES string of the molecule is CCN(C1CCC(N)CC1)S(=O)(=O)c1cccnc1. The van der Waals surface area contributed by atoms with Gasteiger partial charge >= 0.3 is 0 Å². The molecule has 1 aliphatic carbocycles.